The fourth-order valence-corrected chi connectivity index (χ4v) is 1.25. The quantitative estimate of drug-likeness (QED) is 0.388. The molecular formula is C6H10N6O2. The Morgan fingerprint density at radius 2 is 1.50 bits per heavy atom. The molecule has 8 nitrogen and oxygen atoms in total. The average Bonchev–Trinajstić information content (AvgIpc) is 2.52. The summed E-state index contributed by atoms with van der Waals surface area (Å²) in [5, 5.41) is 6.77. The van der Waals surface area contributed by atoms with E-state index in [2.05, 4.69) is 20.1 Å². The lowest BCUT2D eigenvalue weighted by Gasteiger charge is -2.10. The van der Waals surface area contributed by atoms with E-state index in [1.807, 2.05) is 0 Å². The maximum Gasteiger partial charge on any atom is 0.155 e. The lowest BCUT2D eigenvalue weighted by molar-refractivity contribution is -0.0488. The van der Waals surface area contributed by atoms with Crippen molar-refractivity contribution in [3.63, 3.8) is 0 Å². The van der Waals surface area contributed by atoms with Gasteiger partial charge in [-0.15, -0.1) is 0 Å². The summed E-state index contributed by atoms with van der Waals surface area (Å²) in [5.74, 6) is 0. The fraction of sp³-hybridized carbons (Fsp3) is 1.00. The first-order valence-electron chi connectivity index (χ1n) is 4.10. The maximum atomic E-state index is 8.13. The predicted octanol–water partition coefficient (Wildman–Crippen LogP) is 1.74. The van der Waals surface area contributed by atoms with Crippen LogP contribution in [0.2, 0.25) is 0 Å². The molecule has 1 saturated heterocycles. The number of nitrogens with zero attached hydrogens (tertiary/aromatic N) is 6. The molecule has 14 heavy (non-hydrogen) atoms. The number of rotatable bonds is 4. The number of azide groups is 2. The smallest absolute Gasteiger partial charge is 0.155 e. The molecule has 0 bridgehead atoms. The molecule has 1 aliphatic rings. The van der Waals surface area contributed by atoms with Crippen LogP contribution < -0.4 is 0 Å². The van der Waals surface area contributed by atoms with E-state index in [-0.39, 0.29) is 31.6 Å². The summed E-state index contributed by atoms with van der Waals surface area (Å²) in [6.07, 6.45) is -1.01. The van der Waals surface area contributed by atoms with E-state index in [0.29, 0.717) is 0 Å². The SMILES string of the molecule is CC1O[C@@H](CN=[N+]=[N-])[C@H](CN=[N+]=[N-])O1. The zero-order chi connectivity index (χ0) is 10.4. The van der Waals surface area contributed by atoms with E-state index in [0.717, 1.165) is 0 Å². The van der Waals surface area contributed by atoms with Crippen molar-refractivity contribution in [3.05, 3.63) is 20.9 Å². The highest BCUT2D eigenvalue weighted by Crippen LogP contribution is 2.19. The van der Waals surface area contributed by atoms with Crippen molar-refractivity contribution in [1.29, 1.82) is 0 Å². The molecule has 0 radical (unpaired) electrons. The van der Waals surface area contributed by atoms with Crippen molar-refractivity contribution >= 4 is 0 Å². The minimum Gasteiger partial charge on any atom is -0.347 e. The van der Waals surface area contributed by atoms with Crippen molar-refractivity contribution in [2.24, 2.45) is 10.2 Å². The van der Waals surface area contributed by atoms with E-state index in [4.69, 9.17) is 20.5 Å². The van der Waals surface area contributed by atoms with E-state index >= 15 is 0 Å². The van der Waals surface area contributed by atoms with Crippen molar-refractivity contribution in [3.8, 4) is 0 Å². The molecule has 1 fully saturated rings. The second-order valence-electron chi connectivity index (χ2n) is 2.74. The van der Waals surface area contributed by atoms with Crippen molar-refractivity contribution < 1.29 is 9.47 Å². The second-order valence-corrected chi connectivity index (χ2v) is 2.74. The average molecular weight is 198 g/mol. The van der Waals surface area contributed by atoms with Crippen LogP contribution in [0.15, 0.2) is 10.2 Å². The van der Waals surface area contributed by atoms with Crippen LogP contribution in [0.4, 0.5) is 0 Å². The Balaban J connectivity index is 2.52. The molecule has 2 atom stereocenters. The summed E-state index contributed by atoms with van der Waals surface area (Å²) in [5.41, 5.74) is 16.3. The van der Waals surface area contributed by atoms with Crippen LogP contribution in [0.25, 0.3) is 20.9 Å². The van der Waals surface area contributed by atoms with Crippen LogP contribution in [0.3, 0.4) is 0 Å². The molecule has 0 spiro atoms. The molecule has 8 heteroatoms. The van der Waals surface area contributed by atoms with E-state index < -0.39 is 0 Å². The molecule has 76 valence electrons. The lowest BCUT2D eigenvalue weighted by atomic mass is 10.2. The summed E-state index contributed by atoms with van der Waals surface area (Å²) in [4.78, 5) is 5.25. The first-order valence-corrected chi connectivity index (χ1v) is 4.10. The van der Waals surface area contributed by atoms with Crippen LogP contribution in [-0.4, -0.2) is 31.6 Å². The molecule has 1 aliphatic heterocycles. The van der Waals surface area contributed by atoms with Crippen LogP contribution >= 0.6 is 0 Å². The highest BCUT2D eigenvalue weighted by atomic mass is 16.7. The van der Waals surface area contributed by atoms with Gasteiger partial charge in [0.05, 0.1) is 25.3 Å². The molecule has 0 aromatic rings. The van der Waals surface area contributed by atoms with Gasteiger partial charge in [-0.05, 0) is 18.0 Å². The Morgan fingerprint density at radius 1 is 1.07 bits per heavy atom. The molecule has 0 N–H and O–H groups in total. The Hall–Kier alpha value is -1.46. The van der Waals surface area contributed by atoms with E-state index in [1.54, 1.807) is 6.92 Å². The first-order chi connectivity index (χ1) is 6.77. The van der Waals surface area contributed by atoms with Gasteiger partial charge in [-0.3, -0.25) is 0 Å². The van der Waals surface area contributed by atoms with Crippen LogP contribution in [0.1, 0.15) is 6.92 Å². The van der Waals surface area contributed by atoms with Gasteiger partial charge >= 0.3 is 0 Å². The van der Waals surface area contributed by atoms with Crippen molar-refractivity contribution in [2.75, 3.05) is 13.1 Å². The molecule has 0 aliphatic carbocycles. The van der Waals surface area contributed by atoms with Gasteiger partial charge in [0.1, 0.15) is 0 Å². The maximum absolute atomic E-state index is 8.13. The Morgan fingerprint density at radius 3 is 1.86 bits per heavy atom. The molecule has 0 aromatic heterocycles. The topological polar surface area (TPSA) is 116 Å². The van der Waals surface area contributed by atoms with Gasteiger partial charge in [0, 0.05) is 9.82 Å². The fourth-order valence-electron chi connectivity index (χ4n) is 1.25. The van der Waals surface area contributed by atoms with Gasteiger partial charge in [0.25, 0.3) is 0 Å². The van der Waals surface area contributed by atoms with E-state index in [9.17, 15) is 0 Å². The minimum atomic E-state index is -0.354. The third-order valence-electron chi connectivity index (χ3n) is 1.80. The molecule has 0 amide bonds. The molecule has 1 heterocycles. The van der Waals surface area contributed by atoms with Crippen LogP contribution in [0, 0.1) is 0 Å². The Bertz CT molecular complexity index is 254. The standard InChI is InChI=1S/C6H10N6O2/c1-4-13-5(2-9-11-7)6(14-4)3-10-12-8/h4-6H,2-3H2,1H3/t5-,6-/m0/s1. The van der Waals surface area contributed by atoms with Gasteiger partial charge in [-0.25, -0.2) is 0 Å². The zero-order valence-electron chi connectivity index (χ0n) is 7.65. The molecule has 0 saturated carbocycles. The highest BCUT2D eigenvalue weighted by molar-refractivity contribution is 4.80. The first kappa shape index (κ1) is 10.6. The van der Waals surface area contributed by atoms with Gasteiger partial charge in [0.2, 0.25) is 0 Å². The summed E-state index contributed by atoms with van der Waals surface area (Å²) in [6.45, 7) is 2.11. The molecular weight excluding hydrogens is 188 g/mol. The number of hydrogen-bond donors (Lipinski definition) is 0. The number of ether oxygens (including phenoxy) is 2. The Labute approximate surface area is 80.1 Å². The summed E-state index contributed by atoms with van der Waals surface area (Å²) in [7, 11) is 0. The second kappa shape index (κ2) is 5.31. The third kappa shape index (κ3) is 2.79. The molecule has 1 rings (SSSR count). The summed E-state index contributed by atoms with van der Waals surface area (Å²) in [6, 6.07) is 0. The summed E-state index contributed by atoms with van der Waals surface area (Å²) < 4.78 is 10.6. The predicted molar refractivity (Wildman–Crippen MR) is 47.2 cm³/mol. The lowest BCUT2D eigenvalue weighted by Crippen LogP contribution is -2.27. The Kier molecular flexibility index (Phi) is 4.03. The van der Waals surface area contributed by atoms with Crippen LogP contribution in [-0.2, 0) is 9.47 Å². The van der Waals surface area contributed by atoms with Gasteiger partial charge < -0.3 is 9.47 Å². The minimum absolute atomic E-state index is 0.187. The molecule has 0 unspecified atom stereocenters. The van der Waals surface area contributed by atoms with Gasteiger partial charge in [-0.2, -0.15) is 0 Å². The zero-order valence-corrected chi connectivity index (χ0v) is 7.65. The van der Waals surface area contributed by atoms with Gasteiger partial charge in [-0.1, -0.05) is 10.2 Å². The van der Waals surface area contributed by atoms with Crippen LogP contribution in [0.5, 0.6) is 0 Å². The largest absolute Gasteiger partial charge is 0.347 e. The van der Waals surface area contributed by atoms with Crippen molar-refractivity contribution in [2.45, 2.75) is 25.4 Å². The third-order valence-corrected chi connectivity index (χ3v) is 1.80. The monoisotopic (exact) mass is 198 g/mol. The summed E-state index contributed by atoms with van der Waals surface area (Å²) >= 11 is 0. The van der Waals surface area contributed by atoms with Gasteiger partial charge in [0.15, 0.2) is 6.29 Å². The highest BCUT2D eigenvalue weighted by Gasteiger charge is 2.32. The number of hydrogen-bond acceptors (Lipinski definition) is 4. The van der Waals surface area contributed by atoms with E-state index in [1.165, 1.54) is 0 Å². The molecule has 0 aromatic carbocycles. The normalized spacial score (nSPS) is 30.5. The van der Waals surface area contributed by atoms with Crippen molar-refractivity contribution in [1.82, 2.24) is 0 Å².